The van der Waals surface area contributed by atoms with Gasteiger partial charge in [-0.15, -0.1) is 11.6 Å². The Balaban J connectivity index is 2.24. The number of aryl methyl sites for hydroxylation is 1. The molecule has 0 aliphatic rings. The fourth-order valence-electron chi connectivity index (χ4n) is 1.73. The highest BCUT2D eigenvalue weighted by molar-refractivity contribution is 6.17. The Morgan fingerprint density at radius 3 is 2.74 bits per heavy atom. The van der Waals surface area contributed by atoms with Crippen molar-refractivity contribution in [2.45, 2.75) is 19.0 Å². The van der Waals surface area contributed by atoms with Crippen LogP contribution in [0.5, 0.6) is 0 Å². The zero-order valence-electron chi connectivity index (χ0n) is 9.99. The Hall–Kier alpha value is -1.49. The van der Waals surface area contributed by atoms with Crippen LogP contribution in [0.3, 0.4) is 0 Å². The van der Waals surface area contributed by atoms with Gasteiger partial charge in [0.1, 0.15) is 0 Å². The van der Waals surface area contributed by atoms with Gasteiger partial charge in [0.25, 0.3) is 0 Å². The van der Waals surface area contributed by atoms with Gasteiger partial charge in [-0.05, 0) is 36.6 Å². The van der Waals surface area contributed by atoms with Crippen LogP contribution in [0.4, 0.5) is 13.2 Å². The van der Waals surface area contributed by atoms with Crippen LogP contribution in [0.1, 0.15) is 17.5 Å². The first-order valence-electron chi connectivity index (χ1n) is 5.78. The second-order valence-electron chi connectivity index (χ2n) is 4.13. The van der Waals surface area contributed by atoms with Crippen LogP contribution in [-0.4, -0.2) is 15.7 Å². The molecule has 2 aromatic rings. The number of hydrogen-bond donors (Lipinski definition) is 0. The van der Waals surface area contributed by atoms with E-state index < -0.39 is 11.7 Å². The molecule has 0 amide bonds. The molecule has 0 atom stereocenters. The average Bonchev–Trinajstić information content (AvgIpc) is 2.84. The Kier molecular flexibility index (Phi) is 4.14. The Labute approximate surface area is 113 Å². The van der Waals surface area contributed by atoms with Crippen molar-refractivity contribution in [1.29, 1.82) is 0 Å². The molecule has 0 fully saturated rings. The van der Waals surface area contributed by atoms with Gasteiger partial charge in [-0.2, -0.15) is 18.3 Å². The molecule has 1 aromatic heterocycles. The molecule has 19 heavy (non-hydrogen) atoms. The summed E-state index contributed by atoms with van der Waals surface area (Å²) in [7, 11) is 0. The molecule has 0 aliphatic carbocycles. The number of alkyl halides is 4. The van der Waals surface area contributed by atoms with E-state index in [0.29, 0.717) is 11.6 Å². The lowest BCUT2D eigenvalue weighted by Crippen LogP contribution is -2.06. The third-order valence-corrected chi connectivity index (χ3v) is 2.94. The number of rotatable bonds is 4. The molecule has 2 rings (SSSR count). The minimum Gasteiger partial charge on any atom is -0.241 e. The van der Waals surface area contributed by atoms with Gasteiger partial charge in [-0.1, -0.05) is 6.07 Å². The van der Waals surface area contributed by atoms with E-state index in [4.69, 9.17) is 11.6 Å². The van der Waals surface area contributed by atoms with E-state index in [1.807, 2.05) is 0 Å². The summed E-state index contributed by atoms with van der Waals surface area (Å²) < 4.78 is 39.3. The Morgan fingerprint density at radius 1 is 1.26 bits per heavy atom. The molecule has 0 N–H and O–H groups in total. The van der Waals surface area contributed by atoms with Crippen molar-refractivity contribution in [3.8, 4) is 5.69 Å². The summed E-state index contributed by atoms with van der Waals surface area (Å²) in [5.41, 5.74) is 0.674. The molecule has 2 nitrogen and oxygen atoms in total. The van der Waals surface area contributed by atoms with E-state index in [-0.39, 0.29) is 0 Å². The minimum absolute atomic E-state index is 0.395. The number of aromatic nitrogens is 2. The number of halogens is 4. The molecule has 0 radical (unpaired) electrons. The van der Waals surface area contributed by atoms with Crippen molar-refractivity contribution in [3.63, 3.8) is 0 Å². The minimum atomic E-state index is -4.34. The second kappa shape index (κ2) is 5.65. The summed E-state index contributed by atoms with van der Waals surface area (Å²) in [5, 5.41) is 4.07. The molecule has 102 valence electrons. The van der Waals surface area contributed by atoms with Crippen LogP contribution in [0, 0.1) is 0 Å². The van der Waals surface area contributed by atoms with Gasteiger partial charge in [0.15, 0.2) is 0 Å². The number of hydrogen-bond acceptors (Lipinski definition) is 1. The van der Waals surface area contributed by atoms with E-state index >= 15 is 0 Å². The lowest BCUT2D eigenvalue weighted by Gasteiger charge is -2.08. The first-order chi connectivity index (χ1) is 9.00. The fraction of sp³-hybridized carbons (Fsp3) is 0.308. The zero-order valence-corrected chi connectivity index (χ0v) is 10.7. The van der Waals surface area contributed by atoms with Gasteiger partial charge in [-0.25, -0.2) is 4.68 Å². The summed E-state index contributed by atoms with van der Waals surface area (Å²) in [4.78, 5) is 0. The Bertz CT molecular complexity index is 549. The highest BCUT2D eigenvalue weighted by atomic mass is 35.5. The predicted octanol–water partition coefficient (Wildman–Crippen LogP) is 4.06. The summed E-state index contributed by atoms with van der Waals surface area (Å²) in [6.07, 6.45) is 0.609. The summed E-state index contributed by atoms with van der Waals surface area (Å²) in [6.45, 7) is 0. The normalized spacial score (nSPS) is 11.8. The molecule has 0 saturated heterocycles. The molecule has 1 heterocycles. The van der Waals surface area contributed by atoms with E-state index in [1.54, 1.807) is 18.5 Å². The van der Waals surface area contributed by atoms with E-state index in [0.717, 1.165) is 30.5 Å². The zero-order chi connectivity index (χ0) is 13.9. The standard InChI is InChI=1S/C13H12ClF3N2/c14-6-2-3-10-8-18-19(9-10)12-5-1-4-11(7-12)13(15,16)17/h1,4-5,7-9H,2-3,6H2. The summed E-state index contributed by atoms with van der Waals surface area (Å²) in [6, 6.07) is 5.09. The van der Waals surface area contributed by atoms with Crippen LogP contribution in [0.15, 0.2) is 36.7 Å². The Morgan fingerprint density at radius 2 is 2.05 bits per heavy atom. The molecule has 0 bridgehead atoms. The third kappa shape index (κ3) is 3.50. The lowest BCUT2D eigenvalue weighted by molar-refractivity contribution is -0.137. The maximum atomic E-state index is 12.6. The van der Waals surface area contributed by atoms with Gasteiger partial charge in [0.2, 0.25) is 0 Å². The van der Waals surface area contributed by atoms with Gasteiger partial charge in [0, 0.05) is 12.1 Å². The van der Waals surface area contributed by atoms with Crippen LogP contribution < -0.4 is 0 Å². The van der Waals surface area contributed by atoms with Crippen LogP contribution in [-0.2, 0) is 12.6 Å². The van der Waals surface area contributed by atoms with Crippen LogP contribution in [0.2, 0.25) is 0 Å². The second-order valence-corrected chi connectivity index (χ2v) is 4.51. The monoisotopic (exact) mass is 288 g/mol. The molecular weight excluding hydrogens is 277 g/mol. The van der Waals surface area contributed by atoms with Crippen molar-refractivity contribution in [3.05, 3.63) is 47.8 Å². The van der Waals surface area contributed by atoms with Gasteiger partial charge in [0.05, 0.1) is 17.4 Å². The molecule has 6 heteroatoms. The highest BCUT2D eigenvalue weighted by Gasteiger charge is 2.30. The molecule has 1 aromatic carbocycles. The quantitative estimate of drug-likeness (QED) is 0.776. The van der Waals surface area contributed by atoms with Crippen LogP contribution >= 0.6 is 11.6 Å². The van der Waals surface area contributed by atoms with Crippen molar-refractivity contribution >= 4 is 11.6 Å². The SMILES string of the molecule is FC(F)(F)c1cccc(-n2cc(CCCCl)cn2)c1. The smallest absolute Gasteiger partial charge is 0.241 e. The molecule has 0 aliphatic heterocycles. The first kappa shape index (κ1) is 13.9. The molecule has 0 saturated carbocycles. The summed E-state index contributed by atoms with van der Waals surface area (Å²) in [5.74, 6) is 0.550. The predicted molar refractivity (Wildman–Crippen MR) is 67.6 cm³/mol. The van der Waals surface area contributed by atoms with E-state index in [1.165, 1.54) is 10.7 Å². The number of benzene rings is 1. The number of nitrogens with zero attached hydrogens (tertiary/aromatic N) is 2. The van der Waals surface area contributed by atoms with Crippen molar-refractivity contribution in [2.75, 3.05) is 5.88 Å². The van der Waals surface area contributed by atoms with Gasteiger partial charge in [-0.3, -0.25) is 0 Å². The maximum absolute atomic E-state index is 12.6. The van der Waals surface area contributed by atoms with Gasteiger partial charge < -0.3 is 0 Å². The summed E-state index contributed by atoms with van der Waals surface area (Å²) >= 11 is 5.59. The van der Waals surface area contributed by atoms with E-state index in [2.05, 4.69) is 5.10 Å². The van der Waals surface area contributed by atoms with E-state index in [9.17, 15) is 13.2 Å². The highest BCUT2D eigenvalue weighted by Crippen LogP contribution is 2.30. The third-order valence-electron chi connectivity index (χ3n) is 2.67. The first-order valence-corrected chi connectivity index (χ1v) is 6.31. The topological polar surface area (TPSA) is 17.8 Å². The van der Waals surface area contributed by atoms with Crippen molar-refractivity contribution in [1.82, 2.24) is 9.78 Å². The largest absolute Gasteiger partial charge is 0.416 e. The lowest BCUT2D eigenvalue weighted by atomic mass is 10.2. The molecule has 0 spiro atoms. The van der Waals surface area contributed by atoms with Gasteiger partial charge >= 0.3 is 6.18 Å². The average molecular weight is 289 g/mol. The molecular formula is C13H12ClF3N2. The van der Waals surface area contributed by atoms with Crippen molar-refractivity contribution < 1.29 is 13.2 Å². The molecule has 0 unspecified atom stereocenters. The fourth-order valence-corrected chi connectivity index (χ4v) is 1.86. The van der Waals surface area contributed by atoms with Crippen molar-refractivity contribution in [2.24, 2.45) is 0 Å². The maximum Gasteiger partial charge on any atom is 0.416 e. The van der Waals surface area contributed by atoms with Crippen LogP contribution in [0.25, 0.3) is 5.69 Å².